The molecule has 120 valence electrons. The molecule has 0 aromatic carbocycles. The molecule has 3 rings (SSSR count). The van der Waals surface area contributed by atoms with Crippen LogP contribution in [0.5, 0.6) is 0 Å². The molecule has 1 N–H and O–H groups in total. The Morgan fingerprint density at radius 1 is 1.27 bits per heavy atom. The Kier molecular flexibility index (Phi) is 4.72. The Morgan fingerprint density at radius 2 is 2.00 bits per heavy atom. The van der Waals surface area contributed by atoms with Gasteiger partial charge in [0.2, 0.25) is 5.95 Å². The topological polar surface area (TPSA) is 70.6 Å². The number of piperidine rings is 1. The Bertz CT molecular complexity index is 490. The molecule has 7 nitrogen and oxygen atoms in total. The highest BCUT2D eigenvalue weighted by molar-refractivity contribution is 5.75. The first-order valence-corrected chi connectivity index (χ1v) is 7.91. The van der Waals surface area contributed by atoms with E-state index in [2.05, 4.69) is 20.2 Å². The van der Waals surface area contributed by atoms with Gasteiger partial charge in [-0.05, 0) is 25.8 Å². The zero-order valence-corrected chi connectivity index (χ0v) is 12.9. The molecule has 1 aromatic rings. The lowest BCUT2D eigenvalue weighted by atomic mass is 10.1. The smallest absolute Gasteiger partial charge is 0.318 e. The maximum atomic E-state index is 12.3. The predicted molar refractivity (Wildman–Crippen MR) is 82.8 cm³/mol. The first-order valence-electron chi connectivity index (χ1n) is 7.91. The monoisotopic (exact) mass is 305 g/mol. The number of carbonyl (C=O) groups excluding carboxylic acids is 1. The molecule has 22 heavy (non-hydrogen) atoms. The third-order valence-electron chi connectivity index (χ3n) is 4.29. The quantitative estimate of drug-likeness (QED) is 0.878. The molecular weight excluding hydrogens is 282 g/mol. The van der Waals surface area contributed by atoms with Gasteiger partial charge >= 0.3 is 6.03 Å². The van der Waals surface area contributed by atoms with E-state index in [9.17, 15) is 4.79 Å². The molecule has 0 radical (unpaired) electrons. The van der Waals surface area contributed by atoms with Gasteiger partial charge in [0.15, 0.2) is 0 Å². The maximum Gasteiger partial charge on any atom is 0.318 e. The summed E-state index contributed by atoms with van der Waals surface area (Å²) < 4.78 is 5.37. The highest BCUT2D eigenvalue weighted by atomic mass is 16.5. The second-order valence-corrected chi connectivity index (χ2v) is 5.88. The molecule has 3 heterocycles. The van der Waals surface area contributed by atoms with Crippen molar-refractivity contribution in [1.82, 2.24) is 20.2 Å². The third kappa shape index (κ3) is 3.47. The number of nitrogens with one attached hydrogen (secondary N) is 1. The molecule has 2 aliphatic heterocycles. The molecule has 2 aliphatic rings. The highest BCUT2D eigenvalue weighted by Gasteiger charge is 2.27. The van der Waals surface area contributed by atoms with Gasteiger partial charge < -0.3 is 19.9 Å². The van der Waals surface area contributed by atoms with E-state index >= 15 is 0 Å². The fourth-order valence-electron chi connectivity index (χ4n) is 2.96. The molecule has 0 saturated carbocycles. The number of rotatable bonds is 2. The summed E-state index contributed by atoms with van der Waals surface area (Å²) in [7, 11) is 0. The van der Waals surface area contributed by atoms with E-state index in [1.165, 1.54) is 0 Å². The SMILES string of the molecule is CC1COCCN1C(=O)NC1CCN(c2ncccn2)CC1. The number of amides is 2. The third-order valence-corrected chi connectivity index (χ3v) is 4.29. The molecule has 1 atom stereocenters. The summed E-state index contributed by atoms with van der Waals surface area (Å²) in [6.07, 6.45) is 5.36. The van der Waals surface area contributed by atoms with Gasteiger partial charge in [0, 0.05) is 38.1 Å². The molecule has 2 saturated heterocycles. The van der Waals surface area contributed by atoms with Gasteiger partial charge in [-0.3, -0.25) is 0 Å². The van der Waals surface area contributed by atoms with Gasteiger partial charge in [-0.25, -0.2) is 14.8 Å². The number of aromatic nitrogens is 2. The van der Waals surface area contributed by atoms with Crippen molar-refractivity contribution in [2.75, 3.05) is 37.7 Å². The molecule has 1 aromatic heterocycles. The predicted octanol–water partition coefficient (Wildman–Crippen LogP) is 0.876. The molecule has 1 unspecified atom stereocenters. The second-order valence-electron chi connectivity index (χ2n) is 5.88. The highest BCUT2D eigenvalue weighted by Crippen LogP contribution is 2.16. The minimum atomic E-state index is 0.0326. The fraction of sp³-hybridized carbons (Fsp3) is 0.667. The van der Waals surface area contributed by atoms with E-state index in [-0.39, 0.29) is 18.1 Å². The largest absolute Gasteiger partial charge is 0.377 e. The summed E-state index contributed by atoms with van der Waals surface area (Å²) in [5.74, 6) is 0.772. The number of anilines is 1. The standard InChI is InChI=1S/C15H23N5O2/c1-12-11-22-10-9-20(12)15(21)18-13-3-7-19(8-4-13)14-16-5-2-6-17-14/h2,5-6,12-13H,3-4,7-11H2,1H3,(H,18,21). The van der Waals surface area contributed by atoms with Crippen LogP contribution >= 0.6 is 0 Å². The van der Waals surface area contributed by atoms with Crippen LogP contribution in [-0.2, 0) is 4.74 Å². The number of ether oxygens (including phenoxy) is 1. The minimum absolute atomic E-state index is 0.0326. The average molecular weight is 305 g/mol. The van der Waals surface area contributed by atoms with Crippen LogP contribution in [-0.4, -0.2) is 65.8 Å². The van der Waals surface area contributed by atoms with Crippen molar-refractivity contribution in [3.05, 3.63) is 18.5 Å². The normalized spacial score (nSPS) is 23.4. The summed E-state index contributed by atoms with van der Waals surface area (Å²) in [5.41, 5.74) is 0. The molecule has 7 heteroatoms. The van der Waals surface area contributed by atoms with Crippen LogP contribution in [0.15, 0.2) is 18.5 Å². The van der Waals surface area contributed by atoms with E-state index in [1.807, 2.05) is 17.9 Å². The zero-order valence-electron chi connectivity index (χ0n) is 12.9. The van der Waals surface area contributed by atoms with Gasteiger partial charge in [-0.1, -0.05) is 0 Å². The average Bonchev–Trinajstić information content (AvgIpc) is 2.57. The molecular formula is C15H23N5O2. The Balaban J connectivity index is 1.48. The van der Waals surface area contributed by atoms with E-state index < -0.39 is 0 Å². The zero-order chi connectivity index (χ0) is 15.4. The Labute approximate surface area is 130 Å². The number of urea groups is 1. The molecule has 0 spiro atoms. The van der Waals surface area contributed by atoms with Crippen molar-refractivity contribution in [3.63, 3.8) is 0 Å². The van der Waals surface area contributed by atoms with Crippen LogP contribution in [0.25, 0.3) is 0 Å². The number of hydrogen-bond donors (Lipinski definition) is 1. The number of hydrogen-bond acceptors (Lipinski definition) is 5. The van der Waals surface area contributed by atoms with E-state index in [0.29, 0.717) is 19.8 Å². The van der Waals surface area contributed by atoms with Crippen LogP contribution in [0.4, 0.5) is 10.7 Å². The summed E-state index contributed by atoms with van der Waals surface area (Å²) in [6.45, 7) is 5.68. The van der Waals surface area contributed by atoms with Crippen molar-refractivity contribution >= 4 is 12.0 Å². The van der Waals surface area contributed by atoms with Crippen molar-refractivity contribution in [1.29, 1.82) is 0 Å². The lowest BCUT2D eigenvalue weighted by molar-refractivity contribution is 0.0182. The van der Waals surface area contributed by atoms with E-state index in [1.54, 1.807) is 12.4 Å². The molecule has 2 amide bonds. The number of nitrogens with zero attached hydrogens (tertiary/aromatic N) is 4. The van der Waals surface area contributed by atoms with Crippen LogP contribution in [0.2, 0.25) is 0 Å². The molecule has 0 aliphatic carbocycles. The number of morpholine rings is 1. The van der Waals surface area contributed by atoms with E-state index in [0.717, 1.165) is 31.9 Å². The summed E-state index contributed by atoms with van der Waals surface area (Å²) in [5, 5.41) is 3.15. The van der Waals surface area contributed by atoms with Crippen molar-refractivity contribution < 1.29 is 9.53 Å². The first-order chi connectivity index (χ1) is 10.7. The lowest BCUT2D eigenvalue weighted by Gasteiger charge is -2.37. The number of carbonyl (C=O) groups is 1. The van der Waals surface area contributed by atoms with Crippen molar-refractivity contribution in [3.8, 4) is 0 Å². The molecule has 2 fully saturated rings. The Morgan fingerprint density at radius 3 is 2.68 bits per heavy atom. The van der Waals surface area contributed by atoms with Crippen LogP contribution < -0.4 is 10.2 Å². The summed E-state index contributed by atoms with van der Waals surface area (Å²) in [6, 6.07) is 2.22. The van der Waals surface area contributed by atoms with Crippen molar-refractivity contribution in [2.24, 2.45) is 0 Å². The minimum Gasteiger partial charge on any atom is -0.377 e. The second kappa shape index (κ2) is 6.91. The van der Waals surface area contributed by atoms with Gasteiger partial charge in [0.05, 0.1) is 19.3 Å². The van der Waals surface area contributed by atoms with E-state index in [4.69, 9.17) is 4.74 Å². The van der Waals surface area contributed by atoms with Crippen molar-refractivity contribution in [2.45, 2.75) is 31.8 Å². The Hall–Kier alpha value is -1.89. The van der Waals surface area contributed by atoms with Gasteiger partial charge in [-0.2, -0.15) is 0 Å². The lowest BCUT2D eigenvalue weighted by Crippen LogP contribution is -2.55. The summed E-state index contributed by atoms with van der Waals surface area (Å²) in [4.78, 5) is 24.9. The van der Waals surface area contributed by atoms with Gasteiger partial charge in [0.25, 0.3) is 0 Å². The molecule has 0 bridgehead atoms. The fourth-order valence-corrected chi connectivity index (χ4v) is 2.96. The van der Waals surface area contributed by atoms with Crippen LogP contribution in [0, 0.1) is 0 Å². The maximum absolute atomic E-state index is 12.3. The summed E-state index contributed by atoms with van der Waals surface area (Å²) >= 11 is 0. The van der Waals surface area contributed by atoms with Crippen LogP contribution in [0.3, 0.4) is 0 Å². The van der Waals surface area contributed by atoms with Gasteiger partial charge in [-0.15, -0.1) is 0 Å². The van der Waals surface area contributed by atoms with Crippen LogP contribution in [0.1, 0.15) is 19.8 Å². The first kappa shape index (κ1) is 15.0. The van der Waals surface area contributed by atoms with Gasteiger partial charge in [0.1, 0.15) is 0 Å².